The lowest BCUT2D eigenvalue weighted by Gasteiger charge is -2.37. The Kier molecular flexibility index (Phi) is 6.27. The SMILES string of the molecule is C=Cc1cccc(OC)c1[C@H](OC)c1c(Br)c(OC)c(C)c2c1OC(C)(C)OC2. The Bertz CT molecular complexity index is 936. The Morgan fingerprint density at radius 2 is 1.90 bits per heavy atom. The molecule has 1 atom stereocenters. The number of methoxy groups -OCH3 is 3. The zero-order chi connectivity index (χ0) is 21.3. The Morgan fingerprint density at radius 3 is 2.48 bits per heavy atom. The average Bonchev–Trinajstić information content (AvgIpc) is 2.70. The second kappa shape index (κ2) is 8.38. The molecule has 156 valence electrons. The lowest BCUT2D eigenvalue weighted by atomic mass is 9.91. The van der Waals surface area contributed by atoms with Gasteiger partial charge in [-0.15, -0.1) is 0 Å². The molecule has 0 spiro atoms. The Balaban J connectivity index is 2.37. The second-order valence-corrected chi connectivity index (χ2v) is 8.06. The van der Waals surface area contributed by atoms with Crippen LogP contribution in [0.3, 0.4) is 0 Å². The summed E-state index contributed by atoms with van der Waals surface area (Å²) in [6, 6.07) is 5.82. The van der Waals surface area contributed by atoms with Gasteiger partial charge in [0.2, 0.25) is 5.79 Å². The Morgan fingerprint density at radius 1 is 1.17 bits per heavy atom. The summed E-state index contributed by atoms with van der Waals surface area (Å²) in [5.74, 6) is 1.41. The van der Waals surface area contributed by atoms with Crippen molar-refractivity contribution in [3.05, 3.63) is 57.1 Å². The Hall–Kier alpha value is -2.02. The highest BCUT2D eigenvalue weighted by atomic mass is 79.9. The topological polar surface area (TPSA) is 46.2 Å². The van der Waals surface area contributed by atoms with Crippen LogP contribution < -0.4 is 14.2 Å². The monoisotopic (exact) mass is 462 g/mol. The van der Waals surface area contributed by atoms with E-state index < -0.39 is 11.9 Å². The van der Waals surface area contributed by atoms with Crippen molar-refractivity contribution < 1.29 is 23.7 Å². The predicted octanol–water partition coefficient (Wildman–Crippen LogP) is 5.80. The molecule has 3 rings (SSSR count). The standard InChI is InChI=1S/C23H27BrO5/c1-8-14-10-9-11-16(25-5)17(14)22(27-7)18-19(24)20(26-6)13(2)15-12-28-23(3,4)29-21(15)18/h8-11,22H,1,12H2,2-7H3/t22-/m0/s1. The molecular weight excluding hydrogens is 436 g/mol. The summed E-state index contributed by atoms with van der Waals surface area (Å²) in [5.41, 5.74) is 4.52. The first-order valence-corrected chi connectivity index (χ1v) is 10.1. The third kappa shape index (κ3) is 3.77. The van der Waals surface area contributed by atoms with Crippen molar-refractivity contribution in [3.8, 4) is 17.2 Å². The van der Waals surface area contributed by atoms with Crippen LogP contribution in [0.25, 0.3) is 6.08 Å². The zero-order valence-corrected chi connectivity index (χ0v) is 19.3. The molecule has 29 heavy (non-hydrogen) atoms. The van der Waals surface area contributed by atoms with Crippen molar-refractivity contribution in [2.75, 3.05) is 21.3 Å². The van der Waals surface area contributed by atoms with E-state index in [0.717, 1.165) is 43.8 Å². The van der Waals surface area contributed by atoms with Gasteiger partial charge in [-0.2, -0.15) is 0 Å². The lowest BCUT2D eigenvalue weighted by molar-refractivity contribution is -0.181. The minimum Gasteiger partial charge on any atom is -0.496 e. The van der Waals surface area contributed by atoms with E-state index in [1.54, 1.807) is 27.4 Å². The molecule has 0 N–H and O–H groups in total. The fraction of sp³-hybridized carbons (Fsp3) is 0.391. The van der Waals surface area contributed by atoms with Gasteiger partial charge in [0, 0.05) is 43.2 Å². The first-order chi connectivity index (χ1) is 13.8. The van der Waals surface area contributed by atoms with Crippen LogP contribution in [-0.4, -0.2) is 27.1 Å². The molecule has 0 amide bonds. The van der Waals surface area contributed by atoms with Crippen LogP contribution in [0.2, 0.25) is 0 Å². The fourth-order valence-electron chi connectivity index (χ4n) is 3.72. The smallest absolute Gasteiger partial charge is 0.205 e. The van der Waals surface area contributed by atoms with Gasteiger partial charge >= 0.3 is 0 Å². The highest BCUT2D eigenvalue weighted by Crippen LogP contribution is 2.51. The van der Waals surface area contributed by atoms with E-state index in [4.69, 9.17) is 23.7 Å². The van der Waals surface area contributed by atoms with Crippen molar-refractivity contribution in [2.45, 2.75) is 39.3 Å². The number of fused-ring (bicyclic) bond motifs is 1. The molecule has 1 aliphatic rings. The molecule has 0 saturated heterocycles. The minimum atomic E-state index is -0.761. The van der Waals surface area contributed by atoms with E-state index in [2.05, 4.69) is 22.5 Å². The number of hydrogen-bond acceptors (Lipinski definition) is 5. The second-order valence-electron chi connectivity index (χ2n) is 7.27. The zero-order valence-electron chi connectivity index (χ0n) is 17.7. The summed E-state index contributed by atoms with van der Waals surface area (Å²) in [4.78, 5) is 0. The van der Waals surface area contributed by atoms with Crippen molar-refractivity contribution >= 4 is 22.0 Å². The maximum absolute atomic E-state index is 6.31. The van der Waals surface area contributed by atoms with E-state index >= 15 is 0 Å². The summed E-state index contributed by atoms with van der Waals surface area (Å²) in [6.45, 7) is 10.2. The molecule has 2 aromatic rings. The third-order valence-electron chi connectivity index (χ3n) is 5.16. The number of hydrogen-bond donors (Lipinski definition) is 0. The van der Waals surface area contributed by atoms with Crippen molar-refractivity contribution in [2.24, 2.45) is 0 Å². The predicted molar refractivity (Wildman–Crippen MR) is 117 cm³/mol. The third-order valence-corrected chi connectivity index (χ3v) is 5.95. The molecule has 1 aliphatic heterocycles. The first kappa shape index (κ1) is 21.7. The summed E-state index contributed by atoms with van der Waals surface area (Å²) < 4.78 is 30.4. The van der Waals surface area contributed by atoms with Crippen molar-refractivity contribution in [1.29, 1.82) is 0 Å². The lowest BCUT2D eigenvalue weighted by Crippen LogP contribution is -2.36. The van der Waals surface area contributed by atoms with Gasteiger partial charge in [0.1, 0.15) is 23.4 Å². The maximum atomic E-state index is 6.31. The van der Waals surface area contributed by atoms with Gasteiger partial charge < -0.3 is 23.7 Å². The van der Waals surface area contributed by atoms with Crippen LogP contribution in [0.4, 0.5) is 0 Å². The molecular formula is C23H27BrO5. The van der Waals surface area contributed by atoms with Gasteiger partial charge in [0.25, 0.3) is 0 Å². The van der Waals surface area contributed by atoms with Crippen LogP contribution in [0.1, 0.15) is 47.8 Å². The van der Waals surface area contributed by atoms with Crippen LogP contribution in [0.5, 0.6) is 17.2 Å². The van der Waals surface area contributed by atoms with Crippen LogP contribution in [-0.2, 0) is 16.1 Å². The fourth-order valence-corrected chi connectivity index (χ4v) is 4.57. The summed E-state index contributed by atoms with van der Waals surface area (Å²) >= 11 is 3.75. The number of ether oxygens (including phenoxy) is 5. The molecule has 0 unspecified atom stereocenters. The Labute approximate surface area is 180 Å². The number of benzene rings is 2. The molecule has 1 heterocycles. The maximum Gasteiger partial charge on any atom is 0.205 e. The van der Waals surface area contributed by atoms with Gasteiger partial charge in [-0.25, -0.2) is 0 Å². The van der Waals surface area contributed by atoms with E-state index in [1.807, 2.05) is 39.0 Å². The van der Waals surface area contributed by atoms with Gasteiger partial charge in [-0.05, 0) is 34.5 Å². The van der Waals surface area contributed by atoms with E-state index in [9.17, 15) is 0 Å². The first-order valence-electron chi connectivity index (χ1n) is 9.33. The van der Waals surface area contributed by atoms with Crippen molar-refractivity contribution in [1.82, 2.24) is 0 Å². The molecule has 0 aromatic heterocycles. The van der Waals surface area contributed by atoms with Gasteiger partial charge in [0.05, 0.1) is 25.3 Å². The van der Waals surface area contributed by atoms with E-state index in [0.29, 0.717) is 12.4 Å². The molecule has 2 aromatic carbocycles. The number of rotatable bonds is 6. The summed E-state index contributed by atoms with van der Waals surface area (Å²) in [6.07, 6.45) is 1.31. The van der Waals surface area contributed by atoms with E-state index in [-0.39, 0.29) is 0 Å². The molecule has 0 radical (unpaired) electrons. The highest BCUT2D eigenvalue weighted by Gasteiger charge is 2.37. The van der Waals surface area contributed by atoms with Crippen LogP contribution in [0.15, 0.2) is 29.3 Å². The molecule has 0 bridgehead atoms. The highest BCUT2D eigenvalue weighted by molar-refractivity contribution is 9.10. The van der Waals surface area contributed by atoms with Gasteiger partial charge in [-0.1, -0.05) is 24.8 Å². The van der Waals surface area contributed by atoms with Crippen LogP contribution in [0, 0.1) is 6.92 Å². The molecule has 0 saturated carbocycles. The van der Waals surface area contributed by atoms with Crippen molar-refractivity contribution in [3.63, 3.8) is 0 Å². The van der Waals surface area contributed by atoms with E-state index in [1.165, 1.54) is 0 Å². The number of halogens is 1. The summed E-state index contributed by atoms with van der Waals surface area (Å²) in [7, 11) is 4.96. The molecule has 0 fully saturated rings. The van der Waals surface area contributed by atoms with Crippen LogP contribution >= 0.6 is 15.9 Å². The largest absolute Gasteiger partial charge is 0.496 e. The summed E-state index contributed by atoms with van der Waals surface area (Å²) in [5, 5.41) is 0. The molecule has 5 nitrogen and oxygen atoms in total. The van der Waals surface area contributed by atoms with Gasteiger partial charge in [0.15, 0.2) is 0 Å². The molecule has 0 aliphatic carbocycles. The molecule has 6 heteroatoms. The van der Waals surface area contributed by atoms with Gasteiger partial charge in [-0.3, -0.25) is 0 Å². The quantitative estimate of drug-likeness (QED) is 0.542. The average molecular weight is 463 g/mol. The minimum absolute atomic E-state index is 0.418. The normalized spacial score (nSPS) is 15.8.